The average molecular weight is 676 g/mol. The first-order valence-electron chi connectivity index (χ1n) is 14.7. The molecule has 240 valence electrons. The summed E-state index contributed by atoms with van der Waals surface area (Å²) < 4.78 is 31.0. The molecule has 47 heavy (non-hydrogen) atoms. The fourth-order valence-corrected chi connectivity index (χ4v) is 5.23. The number of para-hydroxylation sites is 3. The summed E-state index contributed by atoms with van der Waals surface area (Å²) in [6.45, 7) is 1.75. The van der Waals surface area contributed by atoms with E-state index in [1.165, 1.54) is 54.1 Å². The van der Waals surface area contributed by atoms with Crippen molar-refractivity contribution in [1.29, 1.82) is 0 Å². The van der Waals surface area contributed by atoms with Crippen LogP contribution in [-0.2, 0) is 12.8 Å². The maximum Gasteiger partial charge on any atom is 0.417 e. The second-order valence-electron chi connectivity index (χ2n) is 10.4. The number of rotatable bonds is 3. The van der Waals surface area contributed by atoms with E-state index in [9.17, 15) is 18.4 Å². The van der Waals surface area contributed by atoms with Crippen LogP contribution in [0.25, 0.3) is 0 Å². The van der Waals surface area contributed by atoms with Crippen LogP contribution < -0.4 is 25.6 Å². The lowest BCUT2D eigenvalue weighted by Gasteiger charge is -2.18. The zero-order valence-electron chi connectivity index (χ0n) is 25.0. The Kier molecular flexibility index (Phi) is 11.3. The highest BCUT2D eigenvalue weighted by molar-refractivity contribution is 6.31. The minimum Gasteiger partial charge on any atom is -0.410 e. The van der Waals surface area contributed by atoms with Crippen molar-refractivity contribution < 1.29 is 23.1 Å². The summed E-state index contributed by atoms with van der Waals surface area (Å²) in [6, 6.07) is 32.6. The first kappa shape index (κ1) is 33.2. The van der Waals surface area contributed by atoms with Gasteiger partial charge in [0.25, 0.3) is 0 Å². The van der Waals surface area contributed by atoms with Gasteiger partial charge in [0.05, 0.1) is 10.0 Å². The Hall–Kier alpha value is -5.12. The van der Waals surface area contributed by atoms with Gasteiger partial charge in [0, 0.05) is 35.8 Å². The van der Waals surface area contributed by atoms with Gasteiger partial charge in [-0.25, -0.2) is 18.4 Å². The third-order valence-corrected chi connectivity index (χ3v) is 7.73. The van der Waals surface area contributed by atoms with E-state index in [0.29, 0.717) is 23.7 Å². The van der Waals surface area contributed by atoms with Crippen LogP contribution in [0.5, 0.6) is 5.75 Å². The summed E-state index contributed by atoms with van der Waals surface area (Å²) in [5.41, 5.74) is 5.68. The third kappa shape index (κ3) is 9.22. The Labute approximate surface area is 281 Å². The van der Waals surface area contributed by atoms with Crippen molar-refractivity contribution >= 4 is 58.1 Å². The van der Waals surface area contributed by atoms with Crippen LogP contribution in [0, 0.1) is 11.6 Å². The number of nitrogens with zero attached hydrogens (tertiary/aromatic N) is 1. The van der Waals surface area contributed by atoms with E-state index in [1.54, 1.807) is 29.2 Å². The number of benzene rings is 5. The van der Waals surface area contributed by atoms with Crippen molar-refractivity contribution in [2.75, 3.05) is 33.9 Å². The predicted molar refractivity (Wildman–Crippen MR) is 184 cm³/mol. The van der Waals surface area contributed by atoms with E-state index >= 15 is 0 Å². The zero-order valence-corrected chi connectivity index (χ0v) is 26.5. The van der Waals surface area contributed by atoms with Gasteiger partial charge in [-0.2, -0.15) is 0 Å². The standard InChI is InChI=1S/C15H12ClFN2O.C13H9ClFNO2.C8H9N/c16-12-9-11(5-6-13(12)17)18-15(20)19-8-7-10-3-1-2-4-14(10)19;14-11-8-9(6-7-12(11)15)16-13(17)18-10-4-2-1-3-5-10;1-2-4-8-7(3-1)5-6-9-8/h1-6,9H,7-8H2,(H,18,20);1-8H,(H,16,17);1-4,9H,5-6H2. The Balaban J connectivity index is 0.000000147. The molecule has 0 unspecified atom stereocenters. The van der Waals surface area contributed by atoms with E-state index in [-0.39, 0.29) is 16.1 Å². The maximum atomic E-state index is 13.1. The van der Waals surface area contributed by atoms with Crippen molar-refractivity contribution in [1.82, 2.24) is 0 Å². The first-order valence-corrected chi connectivity index (χ1v) is 15.4. The zero-order chi connectivity index (χ0) is 33.2. The second kappa shape index (κ2) is 15.9. The summed E-state index contributed by atoms with van der Waals surface area (Å²) in [7, 11) is 0. The van der Waals surface area contributed by atoms with Gasteiger partial charge in [-0.3, -0.25) is 10.2 Å². The lowest BCUT2D eigenvalue weighted by molar-refractivity contribution is 0.215. The fraction of sp³-hybridized carbons (Fsp3) is 0.111. The van der Waals surface area contributed by atoms with E-state index < -0.39 is 17.7 Å². The normalized spacial score (nSPS) is 12.2. The summed E-state index contributed by atoms with van der Waals surface area (Å²) in [5, 5.41) is 8.40. The molecule has 3 amide bonds. The number of nitrogens with one attached hydrogen (secondary N) is 3. The molecule has 3 N–H and O–H groups in total. The Morgan fingerprint density at radius 2 is 1.30 bits per heavy atom. The molecular formula is C36H30Cl2F2N4O3. The average Bonchev–Trinajstić information content (AvgIpc) is 3.73. The smallest absolute Gasteiger partial charge is 0.410 e. The molecule has 0 saturated heterocycles. The SMILES string of the molecule is O=C(Nc1ccc(F)c(Cl)c1)N1CCc2ccccc21.O=C(Nc1ccc(F)c(Cl)c1)Oc1ccccc1.c1ccc2c(c1)CCN2. The minimum atomic E-state index is -0.663. The molecule has 5 aromatic rings. The summed E-state index contributed by atoms with van der Waals surface area (Å²) in [4.78, 5) is 25.4. The molecule has 0 bridgehead atoms. The van der Waals surface area contributed by atoms with Gasteiger partial charge in [-0.15, -0.1) is 0 Å². The number of carbonyl (C=O) groups excluding carboxylic acids is 2. The monoisotopic (exact) mass is 674 g/mol. The first-order chi connectivity index (χ1) is 22.8. The Morgan fingerprint density at radius 3 is 1.96 bits per heavy atom. The van der Waals surface area contributed by atoms with Crippen LogP contribution in [0.1, 0.15) is 11.1 Å². The minimum absolute atomic E-state index is 0.00961. The number of urea groups is 1. The molecule has 0 atom stereocenters. The van der Waals surface area contributed by atoms with Crippen molar-refractivity contribution in [2.45, 2.75) is 12.8 Å². The van der Waals surface area contributed by atoms with E-state index in [4.69, 9.17) is 27.9 Å². The number of hydrogen-bond acceptors (Lipinski definition) is 4. The summed E-state index contributed by atoms with van der Waals surface area (Å²) in [6.07, 6.45) is 1.37. The molecule has 0 saturated carbocycles. The number of anilines is 4. The van der Waals surface area contributed by atoms with E-state index in [0.717, 1.165) is 24.2 Å². The highest BCUT2D eigenvalue weighted by atomic mass is 35.5. The van der Waals surface area contributed by atoms with Crippen molar-refractivity contribution in [3.05, 3.63) is 148 Å². The number of halogens is 4. The molecule has 11 heteroatoms. The van der Waals surface area contributed by atoms with Crippen molar-refractivity contribution in [2.24, 2.45) is 0 Å². The molecular weight excluding hydrogens is 645 g/mol. The van der Waals surface area contributed by atoms with Gasteiger partial charge in [-0.05, 0) is 84.6 Å². The Bertz CT molecular complexity index is 1840. The van der Waals surface area contributed by atoms with Crippen LogP contribution in [-0.4, -0.2) is 25.2 Å². The van der Waals surface area contributed by atoms with Gasteiger partial charge >= 0.3 is 12.1 Å². The summed E-state index contributed by atoms with van der Waals surface area (Å²) in [5.74, 6) is -0.627. The van der Waals surface area contributed by atoms with Crippen LogP contribution in [0.4, 0.5) is 41.1 Å². The van der Waals surface area contributed by atoms with Crippen molar-refractivity contribution in [3.63, 3.8) is 0 Å². The molecule has 7 nitrogen and oxygen atoms in total. The lowest BCUT2D eigenvalue weighted by Crippen LogP contribution is -2.33. The predicted octanol–water partition coefficient (Wildman–Crippen LogP) is 9.82. The molecule has 7 rings (SSSR count). The van der Waals surface area contributed by atoms with Crippen LogP contribution in [0.2, 0.25) is 10.0 Å². The van der Waals surface area contributed by atoms with Gasteiger partial charge in [0.1, 0.15) is 17.4 Å². The molecule has 2 aliphatic heterocycles. The molecule has 0 spiro atoms. The van der Waals surface area contributed by atoms with Crippen molar-refractivity contribution in [3.8, 4) is 5.75 Å². The molecule has 0 fully saturated rings. The Morgan fingerprint density at radius 1 is 0.702 bits per heavy atom. The number of amides is 3. The number of hydrogen-bond donors (Lipinski definition) is 3. The molecule has 2 heterocycles. The molecule has 0 aromatic heterocycles. The lowest BCUT2D eigenvalue weighted by atomic mass is 10.2. The van der Waals surface area contributed by atoms with Gasteiger partial charge < -0.3 is 15.4 Å². The van der Waals surface area contributed by atoms with E-state index in [2.05, 4.69) is 40.2 Å². The largest absolute Gasteiger partial charge is 0.417 e. The number of ether oxygens (including phenoxy) is 1. The highest BCUT2D eigenvalue weighted by Gasteiger charge is 2.24. The topological polar surface area (TPSA) is 82.7 Å². The third-order valence-electron chi connectivity index (χ3n) is 7.15. The number of fused-ring (bicyclic) bond motifs is 2. The van der Waals surface area contributed by atoms with Crippen LogP contribution in [0.15, 0.2) is 115 Å². The van der Waals surface area contributed by atoms with Crippen LogP contribution in [0.3, 0.4) is 0 Å². The fourth-order valence-electron chi connectivity index (χ4n) is 4.87. The maximum absolute atomic E-state index is 13.1. The second-order valence-corrected chi connectivity index (χ2v) is 11.2. The van der Waals surface area contributed by atoms with Crippen LogP contribution >= 0.6 is 23.2 Å². The molecule has 2 aliphatic rings. The van der Waals surface area contributed by atoms with Gasteiger partial charge in [-0.1, -0.05) is 77.8 Å². The quantitative estimate of drug-likeness (QED) is 0.178. The molecule has 0 aliphatic carbocycles. The highest BCUT2D eigenvalue weighted by Crippen LogP contribution is 2.28. The molecule has 0 radical (unpaired) electrons. The van der Waals surface area contributed by atoms with E-state index in [1.807, 2.05) is 30.3 Å². The molecule has 5 aromatic carbocycles. The van der Waals surface area contributed by atoms with Gasteiger partial charge in [0.15, 0.2) is 0 Å². The number of carbonyl (C=O) groups is 2. The summed E-state index contributed by atoms with van der Waals surface area (Å²) >= 11 is 11.3. The van der Waals surface area contributed by atoms with Gasteiger partial charge in [0.2, 0.25) is 0 Å².